The van der Waals surface area contributed by atoms with E-state index >= 15 is 0 Å². The van der Waals surface area contributed by atoms with Gasteiger partial charge in [-0.1, -0.05) is 44.2 Å². The molecule has 0 amide bonds. The molecule has 0 aromatic heterocycles. The fourth-order valence-electron chi connectivity index (χ4n) is 3.25. The Morgan fingerprint density at radius 3 is 2.52 bits per heavy atom. The van der Waals surface area contributed by atoms with E-state index in [1.54, 1.807) is 0 Å². The number of benzene rings is 1. The van der Waals surface area contributed by atoms with Crippen LogP contribution in [0, 0.1) is 0 Å². The van der Waals surface area contributed by atoms with Crippen LogP contribution in [-0.4, -0.2) is 49.3 Å². The quantitative estimate of drug-likeness (QED) is 0.573. The maximum atomic E-state index is 5.56. The average Bonchev–Trinajstić information content (AvgIpc) is 2.66. The van der Waals surface area contributed by atoms with Gasteiger partial charge in [0.15, 0.2) is 5.96 Å². The number of thioether (sulfide) groups is 1. The maximum absolute atomic E-state index is 5.56. The third-order valence-electron chi connectivity index (χ3n) is 5.10. The molecule has 1 fully saturated rings. The molecule has 0 radical (unpaired) electrons. The van der Waals surface area contributed by atoms with Gasteiger partial charge in [0.2, 0.25) is 0 Å². The molecule has 2 rings (SSSR count). The van der Waals surface area contributed by atoms with Crippen molar-refractivity contribution in [1.29, 1.82) is 0 Å². The number of ether oxygens (including phenoxy) is 1. The first-order valence-electron chi connectivity index (χ1n) is 9.34. The highest BCUT2D eigenvalue weighted by molar-refractivity contribution is 8.00. The van der Waals surface area contributed by atoms with Crippen molar-refractivity contribution in [2.45, 2.75) is 50.3 Å². The number of aliphatic imine (C=N–C) groups is 1. The van der Waals surface area contributed by atoms with Crippen LogP contribution in [-0.2, 0) is 4.74 Å². The summed E-state index contributed by atoms with van der Waals surface area (Å²) in [6.07, 6.45) is 2.21. The predicted molar refractivity (Wildman–Crippen MR) is 110 cm³/mol. The molecule has 1 aromatic carbocycles. The van der Waals surface area contributed by atoms with Crippen LogP contribution in [0.5, 0.6) is 0 Å². The van der Waals surface area contributed by atoms with Crippen LogP contribution in [0.15, 0.2) is 35.3 Å². The molecule has 1 aliphatic heterocycles. The zero-order valence-corrected chi connectivity index (χ0v) is 16.9. The van der Waals surface area contributed by atoms with Gasteiger partial charge in [0.1, 0.15) is 0 Å². The van der Waals surface area contributed by atoms with Gasteiger partial charge in [0.25, 0.3) is 0 Å². The summed E-state index contributed by atoms with van der Waals surface area (Å²) in [5.41, 5.74) is 1.35. The lowest BCUT2D eigenvalue weighted by Crippen LogP contribution is -2.50. The van der Waals surface area contributed by atoms with Gasteiger partial charge in [-0.05, 0) is 31.1 Å². The van der Waals surface area contributed by atoms with Crippen LogP contribution in [0.3, 0.4) is 0 Å². The molecule has 1 saturated heterocycles. The van der Waals surface area contributed by atoms with Gasteiger partial charge in [0.05, 0.1) is 0 Å². The second kappa shape index (κ2) is 10.1. The van der Waals surface area contributed by atoms with Crippen molar-refractivity contribution in [3.8, 4) is 0 Å². The Hall–Kier alpha value is -1.20. The molecule has 1 aromatic rings. The van der Waals surface area contributed by atoms with Gasteiger partial charge >= 0.3 is 0 Å². The lowest BCUT2D eigenvalue weighted by molar-refractivity contribution is 0.0782. The lowest BCUT2D eigenvalue weighted by atomic mass is 9.94. The first kappa shape index (κ1) is 20.1. The minimum atomic E-state index is 0.263. The Morgan fingerprint density at radius 1 is 1.24 bits per heavy atom. The monoisotopic (exact) mass is 363 g/mol. The van der Waals surface area contributed by atoms with Crippen LogP contribution in [0.25, 0.3) is 0 Å². The van der Waals surface area contributed by atoms with Gasteiger partial charge in [0, 0.05) is 43.5 Å². The van der Waals surface area contributed by atoms with E-state index in [9.17, 15) is 0 Å². The van der Waals surface area contributed by atoms with Gasteiger partial charge in [-0.2, -0.15) is 11.8 Å². The second-order valence-corrected chi connectivity index (χ2v) is 8.52. The van der Waals surface area contributed by atoms with Crippen LogP contribution < -0.4 is 10.6 Å². The molecule has 2 atom stereocenters. The van der Waals surface area contributed by atoms with E-state index in [2.05, 4.69) is 66.7 Å². The van der Waals surface area contributed by atoms with Gasteiger partial charge < -0.3 is 15.4 Å². The van der Waals surface area contributed by atoms with E-state index in [4.69, 9.17) is 4.74 Å². The van der Waals surface area contributed by atoms with Crippen molar-refractivity contribution in [3.63, 3.8) is 0 Å². The fraction of sp³-hybridized carbons (Fsp3) is 0.650. The minimum absolute atomic E-state index is 0.263. The molecule has 0 saturated carbocycles. The minimum Gasteiger partial charge on any atom is -0.381 e. The van der Waals surface area contributed by atoms with Crippen LogP contribution in [0.4, 0.5) is 0 Å². The smallest absolute Gasteiger partial charge is 0.191 e. The van der Waals surface area contributed by atoms with Crippen LogP contribution in [0.2, 0.25) is 0 Å². The molecular formula is C20H33N3OS. The molecule has 25 heavy (non-hydrogen) atoms. The summed E-state index contributed by atoms with van der Waals surface area (Å²) < 4.78 is 5.83. The molecule has 5 heteroatoms. The molecule has 2 N–H and O–H groups in total. The standard InChI is InChI=1S/C20H33N3OS/c1-5-25-20(11-13-24-14-12-20)15-22-19(21-4)23-17(3)16(2)18-9-7-6-8-10-18/h6-10,16-17H,5,11-15H2,1-4H3,(H2,21,22,23). The molecule has 2 unspecified atom stereocenters. The summed E-state index contributed by atoms with van der Waals surface area (Å²) in [5, 5.41) is 7.13. The van der Waals surface area contributed by atoms with Crippen LogP contribution >= 0.6 is 11.8 Å². The summed E-state index contributed by atoms with van der Waals surface area (Å²) in [6, 6.07) is 10.9. The average molecular weight is 364 g/mol. The second-order valence-electron chi connectivity index (χ2n) is 6.79. The Kier molecular flexibility index (Phi) is 8.10. The highest BCUT2D eigenvalue weighted by Gasteiger charge is 2.32. The predicted octanol–water partition coefficient (Wildman–Crippen LogP) is 3.65. The van der Waals surface area contributed by atoms with Crippen molar-refractivity contribution in [2.75, 3.05) is 32.6 Å². The Balaban J connectivity index is 1.91. The van der Waals surface area contributed by atoms with Crippen molar-refractivity contribution in [2.24, 2.45) is 4.99 Å². The topological polar surface area (TPSA) is 45.7 Å². The Morgan fingerprint density at radius 2 is 1.92 bits per heavy atom. The van der Waals surface area contributed by atoms with Gasteiger partial charge in [-0.3, -0.25) is 4.99 Å². The number of guanidine groups is 1. The van der Waals surface area contributed by atoms with E-state index in [1.807, 2.05) is 18.8 Å². The third kappa shape index (κ3) is 5.93. The first-order valence-corrected chi connectivity index (χ1v) is 10.3. The summed E-state index contributed by atoms with van der Waals surface area (Å²) in [4.78, 5) is 4.43. The van der Waals surface area contributed by atoms with E-state index in [0.717, 1.165) is 44.3 Å². The van der Waals surface area contributed by atoms with Crippen LogP contribution in [0.1, 0.15) is 45.1 Å². The summed E-state index contributed by atoms with van der Waals surface area (Å²) in [6.45, 7) is 9.37. The van der Waals surface area contributed by atoms with E-state index in [-0.39, 0.29) is 4.75 Å². The van der Waals surface area contributed by atoms with E-state index in [1.165, 1.54) is 5.56 Å². The molecule has 0 aliphatic carbocycles. The molecule has 1 aliphatic rings. The largest absolute Gasteiger partial charge is 0.381 e. The van der Waals surface area contributed by atoms with E-state index in [0.29, 0.717) is 12.0 Å². The number of hydrogen-bond donors (Lipinski definition) is 2. The molecule has 140 valence electrons. The van der Waals surface area contributed by atoms with Crippen molar-refractivity contribution in [1.82, 2.24) is 10.6 Å². The molecule has 0 bridgehead atoms. The number of hydrogen-bond acceptors (Lipinski definition) is 3. The van der Waals surface area contributed by atoms with Gasteiger partial charge in [-0.25, -0.2) is 0 Å². The summed E-state index contributed by atoms with van der Waals surface area (Å²) in [7, 11) is 1.85. The third-order valence-corrected chi connectivity index (χ3v) is 6.55. The molecule has 1 heterocycles. The normalized spacial score (nSPS) is 19.9. The number of rotatable bonds is 7. The summed E-state index contributed by atoms with van der Waals surface area (Å²) in [5.74, 6) is 2.44. The number of nitrogens with one attached hydrogen (secondary N) is 2. The highest BCUT2D eigenvalue weighted by atomic mass is 32.2. The van der Waals surface area contributed by atoms with Crippen molar-refractivity contribution >= 4 is 17.7 Å². The highest BCUT2D eigenvalue weighted by Crippen LogP contribution is 2.34. The Bertz CT molecular complexity index is 523. The first-order chi connectivity index (χ1) is 12.1. The lowest BCUT2D eigenvalue weighted by Gasteiger charge is -2.37. The molecular weight excluding hydrogens is 330 g/mol. The molecule has 0 spiro atoms. The number of nitrogens with zero attached hydrogens (tertiary/aromatic N) is 1. The molecule has 4 nitrogen and oxygen atoms in total. The zero-order valence-electron chi connectivity index (χ0n) is 16.0. The van der Waals surface area contributed by atoms with E-state index < -0.39 is 0 Å². The zero-order chi connectivity index (χ0) is 18.1. The van der Waals surface area contributed by atoms with Crippen molar-refractivity contribution in [3.05, 3.63) is 35.9 Å². The fourth-order valence-corrected chi connectivity index (χ4v) is 4.49. The summed E-state index contributed by atoms with van der Waals surface area (Å²) >= 11 is 2.05. The Labute approximate surface area is 157 Å². The van der Waals surface area contributed by atoms with Gasteiger partial charge in [-0.15, -0.1) is 0 Å². The van der Waals surface area contributed by atoms with Crippen molar-refractivity contribution < 1.29 is 4.74 Å². The maximum Gasteiger partial charge on any atom is 0.191 e. The SMILES string of the molecule is CCSC1(CNC(=NC)NC(C)C(C)c2ccccc2)CCOCC1.